The second-order valence-electron chi connectivity index (χ2n) is 8.21. The highest BCUT2D eigenvalue weighted by molar-refractivity contribution is 7.17. The van der Waals surface area contributed by atoms with Crippen molar-refractivity contribution in [2.24, 2.45) is 0 Å². The first-order valence-electron chi connectivity index (χ1n) is 11.0. The number of H-pyrrole nitrogens is 1. The minimum Gasteiger partial charge on any atom is -0.493 e. The molecule has 0 aliphatic carbocycles. The molecule has 9 heteroatoms. The topological polar surface area (TPSA) is 86.1 Å². The first-order chi connectivity index (χ1) is 17.1. The first-order valence-corrected chi connectivity index (χ1v) is 12.2. The van der Waals surface area contributed by atoms with E-state index < -0.39 is 11.2 Å². The average Bonchev–Trinajstić information content (AvgIpc) is 3.58. The smallest absolute Gasteiger partial charge is 0.334 e. The predicted molar refractivity (Wildman–Crippen MR) is 138 cm³/mol. The number of aromatic amines is 1. The second kappa shape index (κ2) is 8.41. The molecule has 0 atom stereocenters. The SMILES string of the molecule is O=Cc1c(-n2c(=O)[nH]c3scc(C4=CCCO4)c3c2=O)c2cc(Cl)ccc2n1Cc1ccccc1. The summed E-state index contributed by atoms with van der Waals surface area (Å²) in [5, 5.41) is 3.13. The van der Waals surface area contributed by atoms with Gasteiger partial charge in [-0.3, -0.25) is 14.6 Å². The highest BCUT2D eigenvalue weighted by Crippen LogP contribution is 2.33. The van der Waals surface area contributed by atoms with E-state index >= 15 is 0 Å². The number of hydrogen-bond acceptors (Lipinski definition) is 5. The van der Waals surface area contributed by atoms with Gasteiger partial charge in [0.2, 0.25) is 0 Å². The molecule has 3 aromatic heterocycles. The number of thiophene rings is 1. The summed E-state index contributed by atoms with van der Waals surface area (Å²) in [5.41, 5.74) is 1.57. The van der Waals surface area contributed by atoms with E-state index in [2.05, 4.69) is 4.98 Å². The number of carbonyl (C=O) groups is 1. The first kappa shape index (κ1) is 21.6. The van der Waals surface area contributed by atoms with Crippen molar-refractivity contribution in [2.45, 2.75) is 13.0 Å². The molecule has 0 amide bonds. The van der Waals surface area contributed by atoms with Crippen LogP contribution >= 0.6 is 22.9 Å². The zero-order chi connectivity index (χ0) is 24.1. The lowest BCUT2D eigenvalue weighted by Gasteiger charge is -2.09. The Balaban J connectivity index is 1.69. The van der Waals surface area contributed by atoms with Crippen LogP contribution in [-0.2, 0) is 11.3 Å². The van der Waals surface area contributed by atoms with Crippen LogP contribution in [0, 0.1) is 0 Å². The molecule has 2 aromatic carbocycles. The van der Waals surface area contributed by atoms with Crippen LogP contribution in [0.3, 0.4) is 0 Å². The molecular formula is C26H18ClN3O4S. The van der Waals surface area contributed by atoms with E-state index in [4.69, 9.17) is 16.3 Å². The number of nitrogens with zero attached hydrogens (tertiary/aromatic N) is 2. The molecule has 5 aromatic rings. The molecule has 174 valence electrons. The monoisotopic (exact) mass is 503 g/mol. The van der Waals surface area contributed by atoms with Crippen molar-refractivity contribution < 1.29 is 9.53 Å². The molecule has 6 rings (SSSR count). The Morgan fingerprint density at radius 1 is 1.14 bits per heavy atom. The lowest BCUT2D eigenvalue weighted by Crippen LogP contribution is -2.34. The summed E-state index contributed by atoms with van der Waals surface area (Å²) in [5.74, 6) is 0.622. The molecule has 1 aliphatic rings. The van der Waals surface area contributed by atoms with Gasteiger partial charge in [0, 0.05) is 34.3 Å². The van der Waals surface area contributed by atoms with E-state index in [0.717, 1.165) is 16.6 Å². The predicted octanol–water partition coefficient (Wildman–Crippen LogP) is 4.97. The fourth-order valence-electron chi connectivity index (χ4n) is 4.63. The Morgan fingerprint density at radius 3 is 2.71 bits per heavy atom. The number of benzene rings is 2. The lowest BCUT2D eigenvalue weighted by atomic mass is 10.2. The van der Waals surface area contributed by atoms with Crippen molar-refractivity contribution in [1.29, 1.82) is 0 Å². The molecular weight excluding hydrogens is 486 g/mol. The van der Waals surface area contributed by atoms with Gasteiger partial charge in [0.05, 0.1) is 23.2 Å². The molecule has 0 bridgehead atoms. The minimum atomic E-state index is -0.626. The molecule has 1 aliphatic heterocycles. The standard InChI is InChI=1S/C26H18ClN3O4S/c27-16-8-9-19-17(11-16)23(20(13-31)29(19)12-15-5-2-1-3-6-15)30-25(32)22-18(21-7-4-10-34-21)14-35-24(22)28-26(30)33/h1-3,5-9,11,13-14H,4,10,12H2,(H,28,33). The Morgan fingerprint density at radius 2 is 1.97 bits per heavy atom. The fourth-order valence-corrected chi connectivity index (χ4v) is 5.73. The van der Waals surface area contributed by atoms with Crippen molar-refractivity contribution in [2.75, 3.05) is 6.61 Å². The van der Waals surface area contributed by atoms with Crippen molar-refractivity contribution in [3.63, 3.8) is 0 Å². The Bertz CT molecular complexity index is 1780. The van der Waals surface area contributed by atoms with Gasteiger partial charge in [-0.2, -0.15) is 0 Å². The van der Waals surface area contributed by atoms with Crippen molar-refractivity contribution >= 4 is 56.1 Å². The molecule has 0 fully saturated rings. The number of carbonyl (C=O) groups excluding carboxylic acids is 1. The van der Waals surface area contributed by atoms with Crippen LogP contribution in [0.15, 0.2) is 69.6 Å². The summed E-state index contributed by atoms with van der Waals surface area (Å²) in [6.07, 6.45) is 3.36. The molecule has 4 heterocycles. The summed E-state index contributed by atoms with van der Waals surface area (Å²) in [6, 6.07) is 14.8. The minimum absolute atomic E-state index is 0.208. The summed E-state index contributed by atoms with van der Waals surface area (Å²) in [7, 11) is 0. The van der Waals surface area contributed by atoms with Crippen molar-refractivity contribution in [1.82, 2.24) is 14.1 Å². The van der Waals surface area contributed by atoms with Gasteiger partial charge >= 0.3 is 5.69 Å². The second-order valence-corrected chi connectivity index (χ2v) is 9.53. The highest BCUT2D eigenvalue weighted by atomic mass is 35.5. The number of halogens is 1. The van der Waals surface area contributed by atoms with Crippen LogP contribution < -0.4 is 11.2 Å². The van der Waals surface area contributed by atoms with Crippen LogP contribution in [-0.4, -0.2) is 27.0 Å². The number of ether oxygens (including phenoxy) is 1. The fraction of sp³-hybridized carbons (Fsp3) is 0.115. The van der Waals surface area contributed by atoms with E-state index in [1.807, 2.05) is 36.4 Å². The quantitative estimate of drug-likeness (QED) is 0.343. The summed E-state index contributed by atoms with van der Waals surface area (Å²) >= 11 is 7.59. The van der Waals surface area contributed by atoms with Gasteiger partial charge in [0.1, 0.15) is 16.3 Å². The van der Waals surface area contributed by atoms with E-state index in [0.29, 0.717) is 56.9 Å². The molecule has 1 N–H and O–H groups in total. The largest absolute Gasteiger partial charge is 0.493 e. The van der Waals surface area contributed by atoms with Crippen LogP contribution in [0.2, 0.25) is 5.02 Å². The number of rotatable bonds is 5. The van der Waals surface area contributed by atoms with Gasteiger partial charge in [0.25, 0.3) is 5.56 Å². The third-order valence-electron chi connectivity index (χ3n) is 6.16. The zero-order valence-electron chi connectivity index (χ0n) is 18.3. The van der Waals surface area contributed by atoms with Crippen LogP contribution in [0.25, 0.3) is 32.6 Å². The molecule has 35 heavy (non-hydrogen) atoms. The third-order valence-corrected chi connectivity index (χ3v) is 7.29. The molecule has 0 spiro atoms. The van der Waals surface area contributed by atoms with Gasteiger partial charge in [0.15, 0.2) is 6.29 Å². The molecule has 0 unspecified atom stereocenters. The van der Waals surface area contributed by atoms with Gasteiger partial charge in [-0.05, 0) is 29.8 Å². The molecule has 0 radical (unpaired) electrons. The maximum atomic E-state index is 13.9. The van der Waals surface area contributed by atoms with E-state index in [9.17, 15) is 14.4 Å². The molecule has 0 saturated heterocycles. The lowest BCUT2D eigenvalue weighted by molar-refractivity contribution is 0.111. The van der Waals surface area contributed by atoms with E-state index in [1.165, 1.54) is 11.3 Å². The van der Waals surface area contributed by atoms with Gasteiger partial charge in [-0.1, -0.05) is 41.9 Å². The van der Waals surface area contributed by atoms with Crippen LogP contribution in [0.4, 0.5) is 0 Å². The van der Waals surface area contributed by atoms with E-state index in [1.54, 1.807) is 28.1 Å². The summed E-state index contributed by atoms with van der Waals surface area (Å²) in [6.45, 7) is 0.928. The average molecular weight is 504 g/mol. The maximum absolute atomic E-state index is 13.9. The zero-order valence-corrected chi connectivity index (χ0v) is 19.9. The molecule has 7 nitrogen and oxygen atoms in total. The highest BCUT2D eigenvalue weighted by Gasteiger charge is 2.25. The molecule has 0 saturated carbocycles. The number of nitrogens with one attached hydrogen (secondary N) is 1. The van der Waals surface area contributed by atoms with Crippen molar-refractivity contribution in [3.8, 4) is 5.69 Å². The van der Waals surface area contributed by atoms with Crippen LogP contribution in [0.5, 0.6) is 0 Å². The summed E-state index contributed by atoms with van der Waals surface area (Å²) < 4.78 is 8.53. The number of aldehydes is 1. The van der Waals surface area contributed by atoms with Gasteiger partial charge < -0.3 is 9.30 Å². The number of aromatic nitrogens is 3. The van der Waals surface area contributed by atoms with E-state index in [-0.39, 0.29) is 11.4 Å². The number of fused-ring (bicyclic) bond motifs is 2. The Hall–Kier alpha value is -3.88. The maximum Gasteiger partial charge on any atom is 0.334 e. The normalized spacial score (nSPS) is 13.3. The Kier molecular flexibility index (Phi) is 5.20. The third kappa shape index (κ3) is 3.45. The van der Waals surface area contributed by atoms with Crippen molar-refractivity contribution in [3.05, 3.63) is 103 Å². The summed E-state index contributed by atoms with van der Waals surface area (Å²) in [4.78, 5) is 42.9. The van der Waals surface area contributed by atoms with Crippen LogP contribution in [0.1, 0.15) is 28.0 Å². The number of hydrogen-bond donors (Lipinski definition) is 1. The van der Waals surface area contributed by atoms with Gasteiger partial charge in [-0.25, -0.2) is 9.36 Å². The van der Waals surface area contributed by atoms with Gasteiger partial charge in [-0.15, -0.1) is 11.3 Å². The Labute approximate surface area is 207 Å².